The van der Waals surface area contributed by atoms with Crippen molar-refractivity contribution in [3.8, 4) is 5.75 Å². The molecule has 1 aromatic heterocycles. The van der Waals surface area contributed by atoms with Gasteiger partial charge in [0.1, 0.15) is 18.5 Å². The number of ether oxygens (including phenoxy) is 2. The van der Waals surface area contributed by atoms with Crippen molar-refractivity contribution in [1.29, 1.82) is 0 Å². The fourth-order valence-corrected chi connectivity index (χ4v) is 2.45. The lowest BCUT2D eigenvalue weighted by molar-refractivity contribution is 0.00611. The smallest absolute Gasteiger partial charge is 0.163 e. The second-order valence-corrected chi connectivity index (χ2v) is 5.64. The number of para-hydroxylation sites is 1. The lowest BCUT2D eigenvalue weighted by Crippen LogP contribution is -2.23. The quantitative estimate of drug-likeness (QED) is 0.762. The van der Waals surface area contributed by atoms with Gasteiger partial charge < -0.3 is 14.6 Å². The fraction of sp³-hybridized carbons (Fsp3) is 0.312. The van der Waals surface area contributed by atoms with Crippen LogP contribution in [0.1, 0.15) is 22.2 Å². The Morgan fingerprint density at radius 2 is 2.05 bits per heavy atom. The number of aliphatic hydroxyl groups excluding tert-OH is 1. The minimum atomic E-state index is -0.732. The molecule has 112 valence electrons. The maximum atomic E-state index is 11.4. The van der Waals surface area contributed by atoms with E-state index in [1.807, 2.05) is 17.5 Å². The van der Waals surface area contributed by atoms with Crippen LogP contribution in [-0.2, 0) is 11.3 Å². The Hall–Kier alpha value is -1.69. The minimum absolute atomic E-state index is 0.0611. The summed E-state index contributed by atoms with van der Waals surface area (Å²) in [6, 6.07) is 10.9. The first kappa shape index (κ1) is 15.7. The highest BCUT2D eigenvalue weighted by atomic mass is 32.1. The number of hydrogen-bond donors (Lipinski definition) is 1. The van der Waals surface area contributed by atoms with Crippen molar-refractivity contribution in [3.05, 3.63) is 52.2 Å². The Morgan fingerprint density at radius 1 is 1.24 bits per heavy atom. The molecule has 4 nitrogen and oxygen atoms in total. The molecule has 1 heterocycles. The molecule has 5 heteroatoms. The van der Waals surface area contributed by atoms with Gasteiger partial charge in [-0.2, -0.15) is 0 Å². The van der Waals surface area contributed by atoms with E-state index in [9.17, 15) is 9.90 Å². The van der Waals surface area contributed by atoms with Gasteiger partial charge >= 0.3 is 0 Å². The van der Waals surface area contributed by atoms with E-state index < -0.39 is 6.10 Å². The molecule has 0 aliphatic heterocycles. The molecule has 0 spiro atoms. The number of carbonyl (C=O) groups excluding carboxylic acids is 1. The molecular weight excluding hydrogens is 288 g/mol. The molecule has 0 fully saturated rings. The molecule has 21 heavy (non-hydrogen) atoms. The first-order chi connectivity index (χ1) is 10.2. The van der Waals surface area contributed by atoms with Crippen LogP contribution in [0.2, 0.25) is 0 Å². The van der Waals surface area contributed by atoms with Crippen LogP contribution in [0, 0.1) is 0 Å². The Morgan fingerprint density at radius 3 is 2.76 bits per heavy atom. The van der Waals surface area contributed by atoms with E-state index in [2.05, 4.69) is 0 Å². The number of hydrogen-bond acceptors (Lipinski definition) is 5. The van der Waals surface area contributed by atoms with E-state index in [-0.39, 0.29) is 19.0 Å². The monoisotopic (exact) mass is 306 g/mol. The largest absolute Gasteiger partial charge is 0.490 e. The van der Waals surface area contributed by atoms with Gasteiger partial charge in [0.2, 0.25) is 0 Å². The third-order valence-corrected chi connectivity index (χ3v) is 3.68. The van der Waals surface area contributed by atoms with Crippen LogP contribution in [0.4, 0.5) is 0 Å². The summed E-state index contributed by atoms with van der Waals surface area (Å²) in [5.74, 6) is 0.427. The maximum absolute atomic E-state index is 11.4. The highest BCUT2D eigenvalue weighted by molar-refractivity contribution is 7.09. The van der Waals surface area contributed by atoms with Crippen molar-refractivity contribution >= 4 is 17.1 Å². The zero-order valence-corrected chi connectivity index (χ0v) is 12.6. The zero-order valence-electron chi connectivity index (χ0n) is 11.8. The Balaban J connectivity index is 1.76. The molecule has 1 atom stereocenters. The third-order valence-electron chi connectivity index (χ3n) is 2.83. The summed E-state index contributed by atoms with van der Waals surface area (Å²) >= 11 is 1.61. The second-order valence-electron chi connectivity index (χ2n) is 4.61. The lowest BCUT2D eigenvalue weighted by Gasteiger charge is -2.14. The predicted molar refractivity (Wildman–Crippen MR) is 81.9 cm³/mol. The van der Waals surface area contributed by atoms with Crippen molar-refractivity contribution in [2.75, 3.05) is 13.2 Å². The number of ketones is 1. The summed E-state index contributed by atoms with van der Waals surface area (Å²) in [7, 11) is 0. The summed E-state index contributed by atoms with van der Waals surface area (Å²) in [6.07, 6.45) is -0.732. The van der Waals surface area contributed by atoms with Gasteiger partial charge in [-0.1, -0.05) is 18.2 Å². The number of Topliss-reactive ketones (excluding diaryl/α,β-unsaturated/α-hetero) is 1. The van der Waals surface area contributed by atoms with Crippen molar-refractivity contribution < 1.29 is 19.4 Å². The van der Waals surface area contributed by atoms with Crippen LogP contribution in [0.3, 0.4) is 0 Å². The van der Waals surface area contributed by atoms with Gasteiger partial charge in [0.05, 0.1) is 18.8 Å². The average Bonchev–Trinajstić information content (AvgIpc) is 2.98. The number of aliphatic hydroxyl groups is 1. The summed E-state index contributed by atoms with van der Waals surface area (Å²) in [5.41, 5.74) is 0.518. The second kappa shape index (κ2) is 7.93. The van der Waals surface area contributed by atoms with Crippen molar-refractivity contribution in [1.82, 2.24) is 0 Å². The van der Waals surface area contributed by atoms with E-state index in [0.29, 0.717) is 17.9 Å². The number of benzene rings is 1. The highest BCUT2D eigenvalue weighted by Gasteiger charge is 2.10. The highest BCUT2D eigenvalue weighted by Crippen LogP contribution is 2.18. The molecule has 2 rings (SSSR count). The van der Waals surface area contributed by atoms with Gasteiger partial charge in [0.25, 0.3) is 0 Å². The molecule has 1 aromatic carbocycles. The minimum Gasteiger partial charge on any atom is -0.490 e. The van der Waals surface area contributed by atoms with Gasteiger partial charge in [0.15, 0.2) is 5.78 Å². The van der Waals surface area contributed by atoms with Crippen molar-refractivity contribution in [2.24, 2.45) is 0 Å². The van der Waals surface area contributed by atoms with E-state index in [0.717, 1.165) is 4.88 Å². The average molecular weight is 306 g/mol. The van der Waals surface area contributed by atoms with E-state index in [4.69, 9.17) is 9.47 Å². The van der Waals surface area contributed by atoms with Gasteiger partial charge in [-0.3, -0.25) is 4.79 Å². The SMILES string of the molecule is CC(=O)c1ccccc1OCC(O)COCc1cccs1. The van der Waals surface area contributed by atoms with Gasteiger partial charge in [0, 0.05) is 4.88 Å². The Bertz CT molecular complexity index is 565. The van der Waals surface area contributed by atoms with Crippen LogP contribution in [0.5, 0.6) is 5.75 Å². The van der Waals surface area contributed by atoms with Crippen molar-refractivity contribution in [3.63, 3.8) is 0 Å². The number of thiophene rings is 1. The Kier molecular flexibility index (Phi) is 5.92. The van der Waals surface area contributed by atoms with Crippen LogP contribution < -0.4 is 4.74 Å². The van der Waals surface area contributed by atoms with Crippen molar-refractivity contribution in [2.45, 2.75) is 19.6 Å². The number of carbonyl (C=O) groups is 1. The van der Waals surface area contributed by atoms with E-state index in [1.165, 1.54) is 6.92 Å². The van der Waals surface area contributed by atoms with Crippen LogP contribution in [-0.4, -0.2) is 30.2 Å². The molecule has 0 bridgehead atoms. The first-order valence-electron chi connectivity index (χ1n) is 6.68. The van der Waals surface area contributed by atoms with E-state index in [1.54, 1.807) is 35.6 Å². The molecule has 1 N–H and O–H groups in total. The van der Waals surface area contributed by atoms with Crippen LogP contribution >= 0.6 is 11.3 Å². The summed E-state index contributed by atoms with van der Waals surface area (Å²) in [5, 5.41) is 11.8. The molecule has 0 aliphatic carbocycles. The molecular formula is C16H18O4S. The predicted octanol–water partition coefficient (Wildman–Crippen LogP) is 2.91. The first-order valence-corrected chi connectivity index (χ1v) is 7.55. The van der Waals surface area contributed by atoms with Gasteiger partial charge in [-0.15, -0.1) is 11.3 Å². The van der Waals surface area contributed by atoms with Gasteiger partial charge in [-0.05, 0) is 30.5 Å². The molecule has 2 aromatic rings. The van der Waals surface area contributed by atoms with Gasteiger partial charge in [-0.25, -0.2) is 0 Å². The van der Waals surface area contributed by atoms with Crippen LogP contribution in [0.25, 0.3) is 0 Å². The number of rotatable bonds is 8. The third kappa shape index (κ3) is 4.97. The molecule has 0 saturated carbocycles. The lowest BCUT2D eigenvalue weighted by atomic mass is 10.1. The molecule has 0 saturated heterocycles. The Labute approximate surface area is 128 Å². The molecule has 1 unspecified atom stereocenters. The molecule has 0 aliphatic rings. The standard InChI is InChI=1S/C16H18O4S/c1-12(17)15-6-2-3-7-16(15)20-10-13(18)9-19-11-14-5-4-8-21-14/h2-8,13,18H,9-11H2,1H3. The summed E-state index contributed by atoms with van der Waals surface area (Å²) in [6.45, 7) is 2.26. The van der Waals surface area contributed by atoms with Crippen LogP contribution in [0.15, 0.2) is 41.8 Å². The molecule has 0 radical (unpaired) electrons. The normalized spacial score (nSPS) is 12.1. The summed E-state index contributed by atoms with van der Waals surface area (Å²) in [4.78, 5) is 12.6. The fourth-order valence-electron chi connectivity index (χ4n) is 1.81. The maximum Gasteiger partial charge on any atom is 0.163 e. The molecule has 0 amide bonds. The van der Waals surface area contributed by atoms with E-state index >= 15 is 0 Å². The zero-order chi connectivity index (χ0) is 15.1. The summed E-state index contributed by atoms with van der Waals surface area (Å²) < 4.78 is 10.9. The topological polar surface area (TPSA) is 55.8 Å².